The number of nitrogens with one attached hydrogen (secondary N) is 1. The highest BCUT2D eigenvalue weighted by molar-refractivity contribution is 7.89. The molecule has 1 aliphatic carbocycles. The van der Waals surface area contributed by atoms with Gasteiger partial charge in [-0.2, -0.15) is 0 Å². The highest BCUT2D eigenvalue weighted by Crippen LogP contribution is 2.35. The molecule has 2 rings (SSSR count). The maximum atomic E-state index is 12.3. The average molecular weight is 298 g/mol. The molecule has 0 bridgehead atoms. The van der Waals surface area contributed by atoms with Gasteiger partial charge in [-0.1, -0.05) is 20.3 Å². The summed E-state index contributed by atoms with van der Waals surface area (Å²) in [6.07, 6.45) is 3.00. The predicted molar refractivity (Wildman–Crippen MR) is 78.8 cm³/mol. The van der Waals surface area contributed by atoms with Crippen LogP contribution in [0.4, 0.5) is 5.69 Å². The first-order chi connectivity index (χ1) is 9.35. The molecule has 0 amide bonds. The summed E-state index contributed by atoms with van der Waals surface area (Å²) in [7, 11) is -3.59. The molecule has 0 spiro atoms. The SMILES string of the molecule is CCC1CCC(NS(=O)(=O)c2ccc(O)c(N)c2)C1C. The summed E-state index contributed by atoms with van der Waals surface area (Å²) < 4.78 is 27.5. The van der Waals surface area contributed by atoms with E-state index in [1.165, 1.54) is 18.2 Å². The largest absolute Gasteiger partial charge is 0.506 e. The molecule has 0 aliphatic heterocycles. The lowest BCUT2D eigenvalue weighted by atomic mass is 9.94. The zero-order chi connectivity index (χ0) is 14.9. The van der Waals surface area contributed by atoms with E-state index >= 15 is 0 Å². The van der Waals surface area contributed by atoms with E-state index in [1.54, 1.807) is 0 Å². The second kappa shape index (κ2) is 5.61. The van der Waals surface area contributed by atoms with Crippen LogP contribution in [0, 0.1) is 11.8 Å². The van der Waals surface area contributed by atoms with Gasteiger partial charge in [-0.15, -0.1) is 0 Å². The molecular formula is C14H22N2O3S. The number of anilines is 1. The Kier molecular flexibility index (Phi) is 4.25. The number of hydrogen-bond donors (Lipinski definition) is 3. The standard InChI is InChI=1S/C14H22N2O3S/c1-3-10-4-6-13(9(10)2)16-20(18,19)11-5-7-14(17)12(15)8-11/h5,7-10,13,16-17H,3-4,6,15H2,1-2H3. The predicted octanol–water partition coefficient (Wildman–Crippen LogP) is 2.08. The third-order valence-corrected chi connectivity index (χ3v) is 5.85. The molecule has 1 fully saturated rings. The minimum atomic E-state index is -3.59. The maximum absolute atomic E-state index is 12.3. The first-order valence-electron chi connectivity index (χ1n) is 6.96. The van der Waals surface area contributed by atoms with E-state index in [-0.39, 0.29) is 22.4 Å². The van der Waals surface area contributed by atoms with E-state index in [0.717, 1.165) is 19.3 Å². The lowest BCUT2D eigenvalue weighted by molar-refractivity contribution is 0.368. The molecule has 0 radical (unpaired) electrons. The van der Waals surface area contributed by atoms with Gasteiger partial charge in [-0.05, 0) is 42.9 Å². The van der Waals surface area contributed by atoms with Crippen LogP contribution in [-0.2, 0) is 10.0 Å². The molecule has 4 N–H and O–H groups in total. The van der Waals surface area contributed by atoms with Crippen LogP contribution in [0.25, 0.3) is 0 Å². The molecule has 1 saturated carbocycles. The van der Waals surface area contributed by atoms with Crippen LogP contribution >= 0.6 is 0 Å². The topological polar surface area (TPSA) is 92.4 Å². The summed E-state index contributed by atoms with van der Waals surface area (Å²) in [4.78, 5) is 0.0972. The van der Waals surface area contributed by atoms with Crippen LogP contribution in [0.3, 0.4) is 0 Å². The van der Waals surface area contributed by atoms with E-state index in [0.29, 0.717) is 11.8 Å². The van der Waals surface area contributed by atoms with Crippen LogP contribution in [0.2, 0.25) is 0 Å². The lowest BCUT2D eigenvalue weighted by Crippen LogP contribution is -2.37. The molecule has 112 valence electrons. The van der Waals surface area contributed by atoms with Gasteiger partial charge in [0.25, 0.3) is 0 Å². The molecule has 0 heterocycles. The Morgan fingerprint density at radius 2 is 2.10 bits per heavy atom. The minimum Gasteiger partial charge on any atom is -0.506 e. The molecule has 6 heteroatoms. The second-order valence-electron chi connectivity index (χ2n) is 5.55. The Morgan fingerprint density at radius 1 is 1.40 bits per heavy atom. The molecule has 20 heavy (non-hydrogen) atoms. The Hall–Kier alpha value is -1.27. The fourth-order valence-corrected chi connectivity index (χ4v) is 4.35. The van der Waals surface area contributed by atoms with Crippen LogP contribution in [0.15, 0.2) is 23.1 Å². The van der Waals surface area contributed by atoms with E-state index in [4.69, 9.17) is 5.73 Å². The Balaban J connectivity index is 2.17. The van der Waals surface area contributed by atoms with Gasteiger partial charge >= 0.3 is 0 Å². The summed E-state index contributed by atoms with van der Waals surface area (Å²) in [5, 5.41) is 9.36. The average Bonchev–Trinajstić information content (AvgIpc) is 2.73. The molecule has 1 aliphatic rings. The third-order valence-electron chi connectivity index (χ3n) is 4.37. The van der Waals surface area contributed by atoms with E-state index < -0.39 is 10.0 Å². The second-order valence-corrected chi connectivity index (χ2v) is 7.27. The molecular weight excluding hydrogens is 276 g/mol. The molecule has 3 unspecified atom stereocenters. The van der Waals surface area contributed by atoms with Gasteiger partial charge in [0.1, 0.15) is 5.75 Å². The van der Waals surface area contributed by atoms with Crippen molar-refractivity contribution in [2.75, 3.05) is 5.73 Å². The number of nitrogens with two attached hydrogens (primary N) is 1. The van der Waals surface area contributed by atoms with Crippen molar-refractivity contribution in [3.05, 3.63) is 18.2 Å². The molecule has 0 aromatic heterocycles. The van der Waals surface area contributed by atoms with Gasteiger partial charge in [0.15, 0.2) is 0 Å². The number of benzene rings is 1. The number of nitrogen functional groups attached to an aromatic ring is 1. The Bertz CT molecular complexity index is 586. The van der Waals surface area contributed by atoms with Gasteiger partial charge in [-0.25, -0.2) is 13.1 Å². The highest BCUT2D eigenvalue weighted by Gasteiger charge is 2.34. The van der Waals surface area contributed by atoms with Gasteiger partial charge in [0.2, 0.25) is 10.0 Å². The summed E-state index contributed by atoms with van der Waals surface area (Å²) in [5.74, 6) is 0.807. The van der Waals surface area contributed by atoms with E-state index in [1.807, 2.05) is 0 Å². The normalized spacial score (nSPS) is 26.8. The molecule has 1 aromatic rings. The minimum absolute atomic E-state index is 0.0278. The van der Waals surface area contributed by atoms with E-state index in [9.17, 15) is 13.5 Å². The van der Waals surface area contributed by atoms with Gasteiger partial charge in [-0.3, -0.25) is 0 Å². The third kappa shape index (κ3) is 2.91. The van der Waals surface area contributed by atoms with Gasteiger partial charge in [0, 0.05) is 6.04 Å². The number of phenolic OH excluding ortho intramolecular Hbond substituents is 1. The number of phenols is 1. The van der Waals surface area contributed by atoms with Crippen molar-refractivity contribution >= 4 is 15.7 Å². The number of hydrogen-bond acceptors (Lipinski definition) is 4. The van der Waals surface area contributed by atoms with Gasteiger partial charge in [0.05, 0.1) is 10.6 Å². The first-order valence-corrected chi connectivity index (χ1v) is 8.44. The Labute approximate surface area is 120 Å². The highest BCUT2D eigenvalue weighted by atomic mass is 32.2. The van der Waals surface area contributed by atoms with Crippen LogP contribution in [0.5, 0.6) is 5.75 Å². The zero-order valence-corrected chi connectivity index (χ0v) is 12.7. The van der Waals surface area contributed by atoms with E-state index in [2.05, 4.69) is 18.6 Å². The quantitative estimate of drug-likeness (QED) is 0.586. The smallest absolute Gasteiger partial charge is 0.240 e. The number of sulfonamides is 1. The first kappa shape index (κ1) is 15.1. The number of rotatable bonds is 4. The molecule has 3 atom stereocenters. The summed E-state index contributed by atoms with van der Waals surface area (Å²) in [6.45, 7) is 4.23. The zero-order valence-electron chi connectivity index (χ0n) is 11.8. The van der Waals surface area contributed by atoms with Crippen molar-refractivity contribution in [1.82, 2.24) is 4.72 Å². The maximum Gasteiger partial charge on any atom is 0.240 e. The monoisotopic (exact) mass is 298 g/mol. The fraction of sp³-hybridized carbons (Fsp3) is 0.571. The van der Waals surface area contributed by atoms with Crippen molar-refractivity contribution in [3.63, 3.8) is 0 Å². The fourth-order valence-electron chi connectivity index (χ4n) is 2.96. The molecule has 0 saturated heterocycles. The number of aromatic hydroxyl groups is 1. The van der Waals surface area contributed by atoms with Crippen LogP contribution in [0.1, 0.15) is 33.1 Å². The van der Waals surface area contributed by atoms with Crippen molar-refractivity contribution in [3.8, 4) is 5.75 Å². The van der Waals surface area contributed by atoms with Crippen molar-refractivity contribution < 1.29 is 13.5 Å². The van der Waals surface area contributed by atoms with Crippen LogP contribution < -0.4 is 10.5 Å². The van der Waals surface area contributed by atoms with Crippen molar-refractivity contribution in [2.45, 2.75) is 44.0 Å². The van der Waals surface area contributed by atoms with Crippen molar-refractivity contribution in [1.29, 1.82) is 0 Å². The lowest BCUT2D eigenvalue weighted by Gasteiger charge is -2.21. The van der Waals surface area contributed by atoms with Crippen molar-refractivity contribution in [2.24, 2.45) is 11.8 Å². The van der Waals surface area contributed by atoms with Gasteiger partial charge < -0.3 is 10.8 Å². The summed E-state index contributed by atoms with van der Waals surface area (Å²) >= 11 is 0. The summed E-state index contributed by atoms with van der Waals surface area (Å²) in [5.41, 5.74) is 5.62. The summed E-state index contributed by atoms with van der Waals surface area (Å²) in [6, 6.07) is 3.93. The Morgan fingerprint density at radius 3 is 2.65 bits per heavy atom. The molecule has 5 nitrogen and oxygen atoms in total. The van der Waals surface area contributed by atoms with Crippen LogP contribution in [-0.4, -0.2) is 19.6 Å². The molecule has 1 aromatic carbocycles.